The third-order valence-electron chi connectivity index (χ3n) is 2.46. The third kappa shape index (κ3) is 2.89. The van der Waals surface area contributed by atoms with Crippen LogP contribution in [0.2, 0.25) is 0 Å². The molecule has 0 N–H and O–H groups in total. The monoisotopic (exact) mass is 429 g/mol. The molecule has 0 atom stereocenters. The zero-order valence-corrected chi connectivity index (χ0v) is 14.0. The first-order valence-electron chi connectivity index (χ1n) is 4.95. The topological polar surface area (TPSA) is 20.3 Å². The van der Waals surface area contributed by atoms with Gasteiger partial charge in [-0.3, -0.25) is 4.79 Å². The summed E-state index contributed by atoms with van der Waals surface area (Å²) < 4.78 is 1.89. The van der Waals surface area contributed by atoms with Gasteiger partial charge in [-0.1, -0.05) is 15.9 Å². The highest BCUT2D eigenvalue weighted by atomic mass is 79.9. The van der Waals surface area contributed by atoms with Crippen LogP contribution in [0.25, 0.3) is 0 Å². The lowest BCUT2D eigenvalue weighted by Crippen LogP contribution is -2.34. The van der Waals surface area contributed by atoms with E-state index in [0.29, 0.717) is 6.04 Å². The van der Waals surface area contributed by atoms with E-state index in [1.165, 1.54) is 11.3 Å². The minimum absolute atomic E-state index is 0.135. The smallest absolute Gasteiger partial charge is 0.256 e. The lowest BCUT2D eigenvalue weighted by Gasteiger charge is -2.20. The molecule has 1 aromatic heterocycles. The van der Waals surface area contributed by atoms with Crippen LogP contribution in [-0.4, -0.2) is 28.7 Å². The number of amides is 1. The van der Waals surface area contributed by atoms with Crippen LogP contribution >= 0.6 is 59.1 Å². The molecule has 1 amide bonds. The molecule has 1 fully saturated rings. The second kappa shape index (κ2) is 5.50. The molecule has 16 heavy (non-hydrogen) atoms. The van der Waals surface area contributed by atoms with E-state index in [0.717, 1.165) is 37.9 Å². The van der Waals surface area contributed by atoms with Crippen LogP contribution in [0.4, 0.5) is 0 Å². The molecule has 0 bridgehead atoms. The molecule has 0 aromatic carbocycles. The van der Waals surface area contributed by atoms with Crippen molar-refractivity contribution in [2.45, 2.75) is 18.9 Å². The quantitative estimate of drug-likeness (QED) is 0.652. The van der Waals surface area contributed by atoms with Gasteiger partial charge >= 0.3 is 0 Å². The van der Waals surface area contributed by atoms with Gasteiger partial charge < -0.3 is 4.90 Å². The lowest BCUT2D eigenvalue weighted by atomic mass is 10.3. The van der Waals surface area contributed by atoms with Gasteiger partial charge in [0.05, 0.1) is 13.1 Å². The van der Waals surface area contributed by atoms with E-state index in [-0.39, 0.29) is 5.91 Å². The first kappa shape index (κ1) is 13.1. The minimum atomic E-state index is 0.135. The SMILES string of the molecule is O=C(c1cc(Br)sc1Br)N(CCBr)C1CC1. The molecule has 88 valence electrons. The van der Waals surface area contributed by atoms with Crippen LogP contribution in [-0.2, 0) is 0 Å². The van der Waals surface area contributed by atoms with Gasteiger partial charge in [-0.2, -0.15) is 0 Å². The predicted molar refractivity (Wildman–Crippen MR) is 77.6 cm³/mol. The number of nitrogens with zero attached hydrogens (tertiary/aromatic N) is 1. The number of carbonyl (C=O) groups excluding carboxylic acids is 1. The summed E-state index contributed by atoms with van der Waals surface area (Å²) in [5, 5.41) is 0.832. The van der Waals surface area contributed by atoms with Crippen molar-refractivity contribution in [1.29, 1.82) is 0 Å². The molecular weight excluding hydrogens is 422 g/mol. The molecule has 0 spiro atoms. The summed E-state index contributed by atoms with van der Waals surface area (Å²) in [5.41, 5.74) is 0.768. The second-order valence-corrected chi connectivity index (χ2v) is 8.20. The number of hydrogen-bond acceptors (Lipinski definition) is 2. The van der Waals surface area contributed by atoms with E-state index < -0.39 is 0 Å². The highest BCUT2D eigenvalue weighted by Gasteiger charge is 2.33. The van der Waals surface area contributed by atoms with Crippen LogP contribution in [0.5, 0.6) is 0 Å². The second-order valence-electron chi connectivity index (χ2n) is 3.66. The van der Waals surface area contributed by atoms with E-state index in [9.17, 15) is 4.79 Å². The zero-order valence-electron chi connectivity index (χ0n) is 8.38. The van der Waals surface area contributed by atoms with Gasteiger partial charge in [0.1, 0.15) is 0 Å². The number of rotatable bonds is 4. The Bertz CT molecular complexity index is 403. The summed E-state index contributed by atoms with van der Waals surface area (Å²) >= 11 is 11.8. The van der Waals surface area contributed by atoms with Gasteiger partial charge in [0.25, 0.3) is 5.91 Å². The van der Waals surface area contributed by atoms with Crippen molar-refractivity contribution < 1.29 is 4.79 Å². The van der Waals surface area contributed by atoms with Crippen LogP contribution in [0, 0.1) is 0 Å². The van der Waals surface area contributed by atoms with Gasteiger partial charge in [0.2, 0.25) is 0 Å². The summed E-state index contributed by atoms with van der Waals surface area (Å²) in [7, 11) is 0. The van der Waals surface area contributed by atoms with Gasteiger partial charge in [-0.05, 0) is 50.8 Å². The first-order chi connectivity index (χ1) is 7.63. The highest BCUT2D eigenvalue weighted by molar-refractivity contribution is 9.12. The van der Waals surface area contributed by atoms with E-state index >= 15 is 0 Å². The molecule has 6 heteroatoms. The fourth-order valence-corrected chi connectivity index (χ4v) is 4.73. The molecular formula is C10H10Br3NOS. The zero-order chi connectivity index (χ0) is 11.7. The summed E-state index contributed by atoms with van der Waals surface area (Å²) in [6.07, 6.45) is 2.28. The first-order valence-corrected chi connectivity index (χ1v) is 8.47. The van der Waals surface area contributed by atoms with Crippen LogP contribution < -0.4 is 0 Å². The van der Waals surface area contributed by atoms with Crippen LogP contribution in [0.15, 0.2) is 13.6 Å². The Labute approximate surface area is 124 Å². The largest absolute Gasteiger partial charge is 0.335 e. The van der Waals surface area contributed by atoms with Crippen molar-refractivity contribution in [3.8, 4) is 0 Å². The van der Waals surface area contributed by atoms with Crippen molar-refractivity contribution in [1.82, 2.24) is 4.90 Å². The molecule has 2 nitrogen and oxygen atoms in total. The summed E-state index contributed by atoms with van der Waals surface area (Å²) in [6.45, 7) is 0.781. The van der Waals surface area contributed by atoms with Crippen molar-refractivity contribution in [2.24, 2.45) is 0 Å². The Kier molecular flexibility index (Phi) is 4.49. The Hall–Kier alpha value is 0.610. The van der Waals surface area contributed by atoms with Crippen LogP contribution in [0.1, 0.15) is 23.2 Å². The van der Waals surface area contributed by atoms with Crippen molar-refractivity contribution in [2.75, 3.05) is 11.9 Å². The molecule has 1 aliphatic carbocycles. The fourth-order valence-electron chi connectivity index (χ4n) is 1.57. The predicted octanol–water partition coefficient (Wildman–Crippen LogP) is 4.27. The molecule has 1 heterocycles. The van der Waals surface area contributed by atoms with Crippen LogP contribution in [0.3, 0.4) is 0 Å². The van der Waals surface area contributed by atoms with E-state index in [1.54, 1.807) is 0 Å². The average Bonchev–Trinajstić information content (AvgIpc) is 3.00. The van der Waals surface area contributed by atoms with E-state index in [2.05, 4.69) is 47.8 Å². The normalized spacial score (nSPS) is 15.2. The Morgan fingerprint density at radius 1 is 1.50 bits per heavy atom. The van der Waals surface area contributed by atoms with Gasteiger partial charge in [0, 0.05) is 17.9 Å². The van der Waals surface area contributed by atoms with Crippen molar-refractivity contribution in [3.63, 3.8) is 0 Å². The maximum Gasteiger partial charge on any atom is 0.256 e. The number of alkyl halides is 1. The summed E-state index contributed by atoms with van der Waals surface area (Å²) in [6, 6.07) is 2.34. The Morgan fingerprint density at radius 3 is 2.62 bits per heavy atom. The molecule has 0 saturated heterocycles. The molecule has 0 radical (unpaired) electrons. The maximum atomic E-state index is 12.3. The molecule has 0 unspecified atom stereocenters. The van der Waals surface area contributed by atoms with E-state index in [4.69, 9.17) is 0 Å². The molecule has 1 aromatic rings. The van der Waals surface area contributed by atoms with Gasteiger partial charge in [0.15, 0.2) is 0 Å². The number of carbonyl (C=O) groups is 1. The maximum absolute atomic E-state index is 12.3. The number of halogens is 3. The number of thiophene rings is 1. The van der Waals surface area contributed by atoms with Crippen molar-refractivity contribution >= 4 is 65.0 Å². The lowest BCUT2D eigenvalue weighted by molar-refractivity contribution is 0.0754. The Balaban J connectivity index is 2.18. The Morgan fingerprint density at radius 2 is 2.19 bits per heavy atom. The molecule has 0 aliphatic heterocycles. The van der Waals surface area contributed by atoms with Crippen molar-refractivity contribution in [3.05, 3.63) is 19.2 Å². The molecule has 2 rings (SSSR count). The number of hydrogen-bond donors (Lipinski definition) is 0. The average molecular weight is 432 g/mol. The van der Waals surface area contributed by atoms with E-state index in [1.807, 2.05) is 11.0 Å². The highest BCUT2D eigenvalue weighted by Crippen LogP contribution is 2.35. The third-order valence-corrected chi connectivity index (χ3v) is 5.15. The summed E-state index contributed by atoms with van der Waals surface area (Å²) in [4.78, 5) is 14.3. The minimum Gasteiger partial charge on any atom is -0.335 e. The molecule has 1 saturated carbocycles. The molecule has 1 aliphatic rings. The van der Waals surface area contributed by atoms with Gasteiger partial charge in [-0.15, -0.1) is 11.3 Å². The fraction of sp³-hybridized carbons (Fsp3) is 0.500. The summed E-state index contributed by atoms with van der Waals surface area (Å²) in [5.74, 6) is 0.135. The standard InChI is InChI=1S/C10H10Br3NOS/c11-3-4-14(6-1-2-6)10(15)7-5-8(12)16-9(7)13/h5-6H,1-4H2. The van der Waals surface area contributed by atoms with Gasteiger partial charge in [-0.25, -0.2) is 0 Å².